The van der Waals surface area contributed by atoms with Crippen LogP contribution in [0.25, 0.3) is 11.1 Å². The van der Waals surface area contributed by atoms with Gasteiger partial charge < -0.3 is 10.1 Å². The second-order valence-corrected chi connectivity index (χ2v) is 7.74. The van der Waals surface area contributed by atoms with Crippen molar-refractivity contribution in [3.8, 4) is 16.9 Å². The summed E-state index contributed by atoms with van der Waals surface area (Å²) in [5, 5.41) is 3.74. The van der Waals surface area contributed by atoms with Crippen LogP contribution in [-0.2, 0) is 17.8 Å². The normalized spacial score (nSPS) is 10.6. The van der Waals surface area contributed by atoms with Gasteiger partial charge in [0.1, 0.15) is 5.75 Å². The Morgan fingerprint density at radius 1 is 1.07 bits per heavy atom. The number of pyridine rings is 1. The number of alkyl halides is 1. The predicted molar refractivity (Wildman–Crippen MR) is 120 cm³/mol. The highest BCUT2D eigenvalue weighted by Crippen LogP contribution is 2.30. The maximum atomic E-state index is 12.2. The minimum absolute atomic E-state index is 0.0326. The second-order valence-electron chi connectivity index (χ2n) is 6.95. The third-order valence-corrected chi connectivity index (χ3v) is 4.96. The molecule has 0 aliphatic carbocycles. The summed E-state index contributed by atoms with van der Waals surface area (Å²) in [5.41, 5.74) is 6.32. The molecule has 4 nitrogen and oxygen atoms in total. The zero-order chi connectivity index (χ0) is 20.6. The van der Waals surface area contributed by atoms with Gasteiger partial charge in [-0.1, -0.05) is 52.3 Å². The Bertz CT molecular complexity index is 933. The summed E-state index contributed by atoms with van der Waals surface area (Å²) in [6.45, 7) is 5.32. The lowest BCUT2D eigenvalue weighted by atomic mass is 9.96. The third-order valence-electron chi connectivity index (χ3n) is 4.64. The molecule has 1 N–H and O–H groups in total. The van der Waals surface area contributed by atoms with E-state index in [0.717, 1.165) is 44.6 Å². The molecule has 3 rings (SSSR count). The van der Waals surface area contributed by atoms with Crippen LogP contribution in [0.5, 0.6) is 5.75 Å². The van der Waals surface area contributed by atoms with Crippen molar-refractivity contribution in [1.29, 1.82) is 0 Å². The van der Waals surface area contributed by atoms with Gasteiger partial charge in [-0.25, -0.2) is 0 Å². The molecule has 0 saturated heterocycles. The number of ether oxygens (including phenoxy) is 1. The number of amides is 1. The monoisotopic (exact) mass is 452 g/mol. The molecule has 2 aromatic carbocycles. The Labute approximate surface area is 180 Å². The van der Waals surface area contributed by atoms with E-state index in [1.807, 2.05) is 48.7 Å². The van der Waals surface area contributed by atoms with Crippen LogP contribution in [0.3, 0.4) is 0 Å². The van der Waals surface area contributed by atoms with E-state index in [9.17, 15) is 4.79 Å². The molecule has 0 aliphatic rings. The van der Waals surface area contributed by atoms with Crippen molar-refractivity contribution < 1.29 is 9.53 Å². The number of halogens is 1. The maximum absolute atomic E-state index is 12.2. The Balaban J connectivity index is 1.64. The van der Waals surface area contributed by atoms with Crippen molar-refractivity contribution in [2.45, 2.75) is 26.8 Å². The number of hydrogen-bond acceptors (Lipinski definition) is 3. The van der Waals surface area contributed by atoms with Gasteiger partial charge in [0.2, 0.25) is 5.91 Å². The van der Waals surface area contributed by atoms with Gasteiger partial charge in [0.15, 0.2) is 0 Å². The number of carbonyl (C=O) groups excluding carboxylic acids is 1. The van der Waals surface area contributed by atoms with Gasteiger partial charge in [0.05, 0.1) is 13.0 Å². The zero-order valence-corrected chi connectivity index (χ0v) is 18.3. The highest BCUT2D eigenvalue weighted by atomic mass is 79.9. The van der Waals surface area contributed by atoms with E-state index in [4.69, 9.17) is 4.74 Å². The largest absolute Gasteiger partial charge is 0.493 e. The second kappa shape index (κ2) is 10.2. The lowest BCUT2D eigenvalue weighted by molar-refractivity contribution is -0.120. The average Bonchev–Trinajstić information content (AvgIpc) is 2.72. The third kappa shape index (κ3) is 5.91. The molecule has 150 valence electrons. The number of nitrogens with zero attached hydrogens (tertiary/aromatic N) is 1. The van der Waals surface area contributed by atoms with Gasteiger partial charge in [0.25, 0.3) is 0 Å². The molecule has 0 atom stereocenters. The first-order valence-corrected chi connectivity index (χ1v) is 10.7. The molecule has 1 amide bonds. The summed E-state index contributed by atoms with van der Waals surface area (Å²) < 4.78 is 5.72. The summed E-state index contributed by atoms with van der Waals surface area (Å²) in [7, 11) is 0. The van der Waals surface area contributed by atoms with Crippen molar-refractivity contribution in [3.63, 3.8) is 0 Å². The van der Waals surface area contributed by atoms with Gasteiger partial charge in [-0.05, 0) is 54.3 Å². The van der Waals surface area contributed by atoms with Crippen LogP contribution < -0.4 is 10.1 Å². The van der Waals surface area contributed by atoms with Crippen LogP contribution >= 0.6 is 15.9 Å². The van der Waals surface area contributed by atoms with E-state index in [1.54, 1.807) is 0 Å². The van der Waals surface area contributed by atoms with Gasteiger partial charge in [-0.2, -0.15) is 0 Å². The molecule has 1 heterocycles. The topological polar surface area (TPSA) is 51.2 Å². The van der Waals surface area contributed by atoms with Crippen LogP contribution in [0.4, 0.5) is 0 Å². The summed E-state index contributed by atoms with van der Waals surface area (Å²) in [4.78, 5) is 16.7. The van der Waals surface area contributed by atoms with Crippen LogP contribution in [0.15, 0.2) is 60.8 Å². The van der Waals surface area contributed by atoms with Crippen LogP contribution in [-0.4, -0.2) is 22.8 Å². The molecule has 0 unspecified atom stereocenters. The van der Waals surface area contributed by atoms with Gasteiger partial charge in [0, 0.05) is 29.3 Å². The average molecular weight is 453 g/mol. The summed E-state index contributed by atoms with van der Waals surface area (Å²) >= 11 is 3.38. The van der Waals surface area contributed by atoms with Crippen LogP contribution in [0.2, 0.25) is 0 Å². The van der Waals surface area contributed by atoms with E-state index < -0.39 is 0 Å². The maximum Gasteiger partial charge on any atom is 0.226 e. The van der Waals surface area contributed by atoms with E-state index in [0.29, 0.717) is 13.2 Å². The molecular formula is C24H25BrN2O2. The predicted octanol–water partition coefficient (Wildman–Crippen LogP) is 5.00. The van der Waals surface area contributed by atoms with Crippen molar-refractivity contribution in [1.82, 2.24) is 10.3 Å². The standard InChI is InChI=1S/C24H25BrN2O2/c1-17-12-22(29-11-10-25)13-18(2)24(17)20-8-9-21(26-16-20)14-23(28)27-15-19-6-4-3-5-7-19/h3-9,12-13,16H,10-11,14-15H2,1-2H3,(H,27,28). The first-order valence-electron chi connectivity index (χ1n) is 9.62. The minimum Gasteiger partial charge on any atom is -0.493 e. The Hall–Kier alpha value is -2.66. The number of aryl methyl sites for hydroxylation is 2. The summed E-state index contributed by atoms with van der Waals surface area (Å²) in [6, 6.07) is 17.9. The van der Waals surface area contributed by atoms with Crippen molar-refractivity contribution in [3.05, 3.63) is 83.2 Å². The molecule has 29 heavy (non-hydrogen) atoms. The van der Waals surface area contributed by atoms with Crippen molar-refractivity contribution >= 4 is 21.8 Å². The van der Waals surface area contributed by atoms with E-state index in [1.165, 1.54) is 0 Å². The zero-order valence-electron chi connectivity index (χ0n) is 16.7. The van der Waals surface area contributed by atoms with Crippen LogP contribution in [0, 0.1) is 13.8 Å². The molecule has 5 heteroatoms. The smallest absolute Gasteiger partial charge is 0.226 e. The number of rotatable bonds is 8. The SMILES string of the molecule is Cc1cc(OCCBr)cc(C)c1-c1ccc(CC(=O)NCc2ccccc2)nc1. The molecule has 0 spiro atoms. The van der Waals surface area contributed by atoms with Gasteiger partial charge in [-0.3, -0.25) is 9.78 Å². The van der Waals surface area contributed by atoms with E-state index in [-0.39, 0.29) is 12.3 Å². The lowest BCUT2D eigenvalue weighted by Gasteiger charge is -2.14. The number of carbonyl (C=O) groups is 1. The Morgan fingerprint density at radius 2 is 1.79 bits per heavy atom. The first-order chi connectivity index (χ1) is 14.1. The number of aromatic nitrogens is 1. The molecule has 0 aliphatic heterocycles. The van der Waals surface area contributed by atoms with Crippen molar-refractivity contribution in [2.75, 3.05) is 11.9 Å². The van der Waals surface area contributed by atoms with E-state index >= 15 is 0 Å². The molecule has 3 aromatic rings. The Morgan fingerprint density at radius 3 is 2.41 bits per heavy atom. The minimum atomic E-state index is -0.0326. The van der Waals surface area contributed by atoms with Gasteiger partial charge in [-0.15, -0.1) is 0 Å². The number of benzene rings is 2. The Kier molecular flexibility index (Phi) is 7.42. The fraction of sp³-hybridized carbons (Fsp3) is 0.250. The molecule has 0 saturated carbocycles. The summed E-state index contributed by atoms with van der Waals surface area (Å²) in [5.74, 6) is 0.845. The number of hydrogen-bond donors (Lipinski definition) is 1. The summed E-state index contributed by atoms with van der Waals surface area (Å²) in [6.07, 6.45) is 2.11. The fourth-order valence-corrected chi connectivity index (χ4v) is 3.48. The van der Waals surface area contributed by atoms with E-state index in [2.05, 4.69) is 52.2 Å². The molecule has 0 bridgehead atoms. The molecule has 0 radical (unpaired) electrons. The quantitative estimate of drug-likeness (QED) is 0.489. The first kappa shape index (κ1) is 21.1. The highest BCUT2D eigenvalue weighted by Gasteiger charge is 2.10. The van der Waals surface area contributed by atoms with Crippen molar-refractivity contribution in [2.24, 2.45) is 0 Å². The van der Waals surface area contributed by atoms with Gasteiger partial charge >= 0.3 is 0 Å². The highest BCUT2D eigenvalue weighted by molar-refractivity contribution is 9.09. The fourth-order valence-electron chi connectivity index (χ4n) is 3.32. The molecule has 1 aromatic heterocycles. The number of nitrogens with one attached hydrogen (secondary N) is 1. The lowest BCUT2D eigenvalue weighted by Crippen LogP contribution is -2.24. The van der Waals surface area contributed by atoms with Crippen LogP contribution in [0.1, 0.15) is 22.4 Å². The molecule has 0 fully saturated rings. The molecular weight excluding hydrogens is 428 g/mol.